The van der Waals surface area contributed by atoms with Gasteiger partial charge in [-0.05, 0) is 13.0 Å². The summed E-state index contributed by atoms with van der Waals surface area (Å²) < 4.78 is 13.3. The van der Waals surface area contributed by atoms with Crippen LogP contribution in [0.1, 0.15) is 18.3 Å². The maximum atomic E-state index is 9.39. The number of ether oxygens (including phenoxy) is 2. The van der Waals surface area contributed by atoms with Crippen molar-refractivity contribution in [3.05, 3.63) is 42.0 Å². The predicted molar refractivity (Wildman–Crippen MR) is 75.9 cm³/mol. The number of aliphatic hydroxyl groups excluding tert-OH is 1. The van der Waals surface area contributed by atoms with Crippen molar-refractivity contribution in [1.29, 1.82) is 0 Å². The van der Waals surface area contributed by atoms with E-state index in [2.05, 4.69) is 4.98 Å². The van der Waals surface area contributed by atoms with Gasteiger partial charge in [-0.15, -0.1) is 0 Å². The first kappa shape index (κ1) is 14.4. The Bertz CT molecular complexity index is 552. The van der Waals surface area contributed by atoms with Crippen molar-refractivity contribution in [3.63, 3.8) is 0 Å². The molecule has 2 rings (SSSR count). The van der Waals surface area contributed by atoms with Crippen molar-refractivity contribution in [2.24, 2.45) is 7.05 Å². The van der Waals surface area contributed by atoms with Gasteiger partial charge in [0, 0.05) is 31.4 Å². The SMILES string of the molecule is CCOc1cccc(CO)c1OCCc1nccn1C. The standard InChI is InChI=1S/C15H20N2O3/c1-3-19-13-6-4-5-12(11-18)15(13)20-10-7-14-16-8-9-17(14)2/h4-6,8-9,18H,3,7,10-11H2,1-2H3. The fraction of sp³-hybridized carbons (Fsp3) is 0.400. The molecule has 0 spiro atoms. The molecule has 108 valence electrons. The lowest BCUT2D eigenvalue weighted by Gasteiger charge is -2.14. The molecule has 1 aromatic carbocycles. The first-order valence-electron chi connectivity index (χ1n) is 6.70. The van der Waals surface area contributed by atoms with Crippen LogP contribution in [-0.4, -0.2) is 27.9 Å². The molecule has 20 heavy (non-hydrogen) atoms. The lowest BCUT2D eigenvalue weighted by molar-refractivity contribution is 0.248. The van der Waals surface area contributed by atoms with Crippen LogP contribution < -0.4 is 9.47 Å². The van der Waals surface area contributed by atoms with Gasteiger partial charge in [0.1, 0.15) is 5.82 Å². The highest BCUT2D eigenvalue weighted by Crippen LogP contribution is 2.31. The Labute approximate surface area is 118 Å². The molecule has 0 atom stereocenters. The minimum atomic E-state index is -0.0708. The monoisotopic (exact) mass is 276 g/mol. The number of aliphatic hydroxyl groups is 1. The van der Waals surface area contributed by atoms with Crippen molar-refractivity contribution in [1.82, 2.24) is 9.55 Å². The number of nitrogens with zero attached hydrogens (tertiary/aromatic N) is 2. The normalized spacial score (nSPS) is 10.6. The number of rotatable bonds is 7. The van der Waals surface area contributed by atoms with Gasteiger partial charge in [0.05, 0.1) is 19.8 Å². The molecule has 0 aliphatic carbocycles. The van der Waals surface area contributed by atoms with Gasteiger partial charge in [-0.1, -0.05) is 12.1 Å². The van der Waals surface area contributed by atoms with Crippen LogP contribution in [0.3, 0.4) is 0 Å². The van der Waals surface area contributed by atoms with Gasteiger partial charge in [0.25, 0.3) is 0 Å². The fourth-order valence-corrected chi connectivity index (χ4v) is 2.00. The van der Waals surface area contributed by atoms with Crippen molar-refractivity contribution >= 4 is 0 Å². The molecule has 5 nitrogen and oxygen atoms in total. The summed E-state index contributed by atoms with van der Waals surface area (Å²) in [7, 11) is 1.95. The summed E-state index contributed by atoms with van der Waals surface area (Å²) >= 11 is 0. The van der Waals surface area contributed by atoms with Crippen molar-refractivity contribution in [2.75, 3.05) is 13.2 Å². The fourth-order valence-electron chi connectivity index (χ4n) is 2.00. The molecule has 0 radical (unpaired) electrons. The van der Waals surface area contributed by atoms with E-state index in [-0.39, 0.29) is 6.61 Å². The quantitative estimate of drug-likeness (QED) is 0.839. The zero-order valence-electron chi connectivity index (χ0n) is 11.9. The summed E-state index contributed by atoms with van der Waals surface area (Å²) in [5.41, 5.74) is 0.732. The van der Waals surface area contributed by atoms with Gasteiger partial charge >= 0.3 is 0 Å². The molecular formula is C15H20N2O3. The summed E-state index contributed by atoms with van der Waals surface area (Å²) in [6, 6.07) is 5.53. The maximum Gasteiger partial charge on any atom is 0.166 e. The molecule has 0 fully saturated rings. The second kappa shape index (κ2) is 6.96. The molecule has 0 saturated heterocycles. The third-order valence-corrected chi connectivity index (χ3v) is 3.02. The Balaban J connectivity index is 2.05. The van der Waals surface area contributed by atoms with E-state index in [1.807, 2.05) is 42.9 Å². The molecule has 0 aliphatic rings. The highest BCUT2D eigenvalue weighted by Gasteiger charge is 2.11. The van der Waals surface area contributed by atoms with Crippen LogP contribution >= 0.6 is 0 Å². The molecule has 1 heterocycles. The first-order valence-corrected chi connectivity index (χ1v) is 6.70. The Morgan fingerprint density at radius 2 is 2.15 bits per heavy atom. The van der Waals surface area contributed by atoms with Crippen LogP contribution in [0.2, 0.25) is 0 Å². The number of hydrogen-bond acceptors (Lipinski definition) is 4. The van der Waals surface area contributed by atoms with E-state index < -0.39 is 0 Å². The lowest BCUT2D eigenvalue weighted by atomic mass is 10.2. The molecule has 0 saturated carbocycles. The van der Waals surface area contributed by atoms with Gasteiger partial charge in [-0.25, -0.2) is 4.98 Å². The summed E-state index contributed by atoms with van der Waals surface area (Å²) in [6.45, 7) is 2.90. The number of aryl methyl sites for hydroxylation is 1. The van der Waals surface area contributed by atoms with Gasteiger partial charge in [0.15, 0.2) is 11.5 Å². The van der Waals surface area contributed by atoms with E-state index >= 15 is 0 Å². The Kier molecular flexibility index (Phi) is 5.01. The number of para-hydroxylation sites is 1. The van der Waals surface area contributed by atoms with Gasteiger partial charge in [-0.3, -0.25) is 0 Å². The summed E-state index contributed by atoms with van der Waals surface area (Å²) in [5, 5.41) is 9.39. The molecular weight excluding hydrogens is 256 g/mol. The van der Waals surface area contributed by atoms with Crippen molar-refractivity contribution < 1.29 is 14.6 Å². The lowest BCUT2D eigenvalue weighted by Crippen LogP contribution is -2.08. The highest BCUT2D eigenvalue weighted by molar-refractivity contribution is 5.46. The highest BCUT2D eigenvalue weighted by atomic mass is 16.5. The minimum absolute atomic E-state index is 0.0708. The Hall–Kier alpha value is -2.01. The minimum Gasteiger partial charge on any atom is -0.490 e. The summed E-state index contributed by atoms with van der Waals surface area (Å²) in [6.07, 6.45) is 4.38. The molecule has 0 unspecified atom stereocenters. The molecule has 0 bridgehead atoms. The van der Waals surface area contributed by atoms with Gasteiger partial charge < -0.3 is 19.1 Å². The third-order valence-electron chi connectivity index (χ3n) is 3.02. The topological polar surface area (TPSA) is 56.5 Å². The zero-order valence-corrected chi connectivity index (χ0v) is 11.9. The zero-order chi connectivity index (χ0) is 14.4. The second-order valence-corrected chi connectivity index (χ2v) is 4.39. The van der Waals surface area contributed by atoms with E-state index in [1.54, 1.807) is 6.20 Å². The summed E-state index contributed by atoms with van der Waals surface area (Å²) in [4.78, 5) is 4.25. The van der Waals surface area contributed by atoms with Crippen LogP contribution in [0.15, 0.2) is 30.6 Å². The molecule has 5 heteroatoms. The number of benzene rings is 1. The first-order chi connectivity index (χ1) is 9.76. The van der Waals surface area contributed by atoms with Crippen molar-refractivity contribution in [3.8, 4) is 11.5 Å². The average molecular weight is 276 g/mol. The molecule has 1 N–H and O–H groups in total. The van der Waals surface area contributed by atoms with E-state index in [0.717, 1.165) is 11.4 Å². The van der Waals surface area contributed by atoms with Gasteiger partial charge in [-0.2, -0.15) is 0 Å². The average Bonchev–Trinajstić information content (AvgIpc) is 2.86. The molecule has 0 aliphatic heterocycles. The second-order valence-electron chi connectivity index (χ2n) is 4.39. The van der Waals surface area contributed by atoms with Crippen LogP contribution in [0.5, 0.6) is 11.5 Å². The summed E-state index contributed by atoms with van der Waals surface area (Å²) in [5.74, 6) is 2.24. The van der Waals surface area contributed by atoms with E-state index in [9.17, 15) is 5.11 Å². The third kappa shape index (κ3) is 3.30. The van der Waals surface area contributed by atoms with E-state index in [1.165, 1.54) is 0 Å². The molecule has 0 amide bonds. The van der Waals surface area contributed by atoms with Crippen LogP contribution in [0.25, 0.3) is 0 Å². The molecule has 1 aromatic heterocycles. The molecule has 2 aromatic rings. The Morgan fingerprint density at radius 1 is 1.30 bits per heavy atom. The number of aromatic nitrogens is 2. The van der Waals surface area contributed by atoms with Crippen LogP contribution in [0.4, 0.5) is 0 Å². The Morgan fingerprint density at radius 3 is 2.80 bits per heavy atom. The van der Waals surface area contributed by atoms with Crippen LogP contribution in [-0.2, 0) is 20.1 Å². The smallest absolute Gasteiger partial charge is 0.166 e. The largest absolute Gasteiger partial charge is 0.490 e. The van der Waals surface area contributed by atoms with E-state index in [0.29, 0.717) is 31.1 Å². The van der Waals surface area contributed by atoms with Crippen LogP contribution in [0, 0.1) is 0 Å². The number of hydrogen-bond donors (Lipinski definition) is 1. The maximum absolute atomic E-state index is 9.39. The predicted octanol–water partition coefficient (Wildman–Crippen LogP) is 1.93. The number of imidazole rings is 1. The van der Waals surface area contributed by atoms with Gasteiger partial charge in [0.2, 0.25) is 0 Å². The van der Waals surface area contributed by atoms with Crippen molar-refractivity contribution in [2.45, 2.75) is 20.0 Å². The van der Waals surface area contributed by atoms with E-state index in [4.69, 9.17) is 9.47 Å².